The summed E-state index contributed by atoms with van der Waals surface area (Å²) in [5.74, 6) is -0.440. The number of sulfonamides is 1. The minimum Gasteiger partial charge on any atom is -0.478 e. The summed E-state index contributed by atoms with van der Waals surface area (Å²) in [6, 6.07) is 6.98. The topological polar surface area (TPSA) is 92.5 Å². The van der Waals surface area contributed by atoms with E-state index < -0.39 is 16.0 Å². The van der Waals surface area contributed by atoms with Gasteiger partial charge in [0.25, 0.3) is 0 Å². The molecule has 0 unspecified atom stereocenters. The number of benzene rings is 1. The number of aromatic nitrogens is 2. The molecule has 1 fully saturated rings. The second-order valence-electron chi connectivity index (χ2n) is 7.32. The lowest BCUT2D eigenvalue weighted by molar-refractivity contribution is 0.0697. The van der Waals surface area contributed by atoms with Crippen LogP contribution < -0.4 is 0 Å². The Labute approximate surface area is 166 Å². The molecule has 0 aliphatic carbocycles. The first-order valence-electron chi connectivity index (χ1n) is 9.67. The zero-order valence-electron chi connectivity index (χ0n) is 16.3. The summed E-state index contributed by atoms with van der Waals surface area (Å²) in [6.07, 6.45) is 5.16. The molecule has 1 saturated heterocycles. The van der Waals surface area contributed by atoms with Crippen molar-refractivity contribution in [3.05, 3.63) is 47.3 Å². The van der Waals surface area contributed by atoms with E-state index in [2.05, 4.69) is 5.10 Å². The molecule has 0 bridgehead atoms. The van der Waals surface area contributed by atoms with E-state index in [0.717, 1.165) is 31.2 Å². The molecule has 2 aromatic rings. The van der Waals surface area contributed by atoms with Crippen LogP contribution in [0.4, 0.5) is 0 Å². The van der Waals surface area contributed by atoms with E-state index in [1.54, 1.807) is 34.2 Å². The zero-order valence-corrected chi connectivity index (χ0v) is 17.2. The molecule has 1 aromatic heterocycles. The van der Waals surface area contributed by atoms with Gasteiger partial charge in [-0.25, -0.2) is 13.2 Å². The van der Waals surface area contributed by atoms with Gasteiger partial charge in [0.05, 0.1) is 11.3 Å². The molecule has 1 N–H and O–H groups in total. The maximum atomic E-state index is 12.9. The number of carbonyl (C=O) groups is 1. The van der Waals surface area contributed by atoms with Gasteiger partial charge in [-0.1, -0.05) is 12.1 Å². The number of rotatable bonds is 7. The van der Waals surface area contributed by atoms with Crippen molar-refractivity contribution in [1.29, 1.82) is 0 Å². The van der Waals surface area contributed by atoms with Gasteiger partial charge in [-0.15, -0.1) is 0 Å². The average molecular weight is 406 g/mol. The predicted molar refractivity (Wildman–Crippen MR) is 106 cm³/mol. The van der Waals surface area contributed by atoms with Crippen LogP contribution in [0, 0.1) is 12.8 Å². The monoisotopic (exact) mass is 405 g/mol. The minimum atomic E-state index is -3.49. The van der Waals surface area contributed by atoms with Crippen LogP contribution in [0.5, 0.6) is 0 Å². The fourth-order valence-corrected chi connectivity index (χ4v) is 5.32. The molecule has 2 heterocycles. The Morgan fingerprint density at radius 1 is 1.21 bits per heavy atom. The van der Waals surface area contributed by atoms with Crippen molar-refractivity contribution in [3.8, 4) is 0 Å². The summed E-state index contributed by atoms with van der Waals surface area (Å²) >= 11 is 0. The lowest BCUT2D eigenvalue weighted by Crippen LogP contribution is -2.38. The zero-order chi connectivity index (χ0) is 20.3. The van der Waals surface area contributed by atoms with Gasteiger partial charge < -0.3 is 5.11 Å². The van der Waals surface area contributed by atoms with Gasteiger partial charge in [-0.05, 0) is 63.1 Å². The Morgan fingerprint density at radius 2 is 1.86 bits per heavy atom. The van der Waals surface area contributed by atoms with Crippen LogP contribution >= 0.6 is 0 Å². The Balaban J connectivity index is 1.55. The third kappa shape index (κ3) is 4.44. The summed E-state index contributed by atoms with van der Waals surface area (Å²) in [4.78, 5) is 11.2. The molecule has 28 heavy (non-hydrogen) atoms. The van der Waals surface area contributed by atoms with Crippen LogP contribution in [0.3, 0.4) is 0 Å². The van der Waals surface area contributed by atoms with Gasteiger partial charge in [0, 0.05) is 25.8 Å². The molecule has 1 aliphatic heterocycles. The molecule has 0 atom stereocenters. The number of nitrogens with zero attached hydrogens (tertiary/aromatic N) is 3. The third-order valence-electron chi connectivity index (χ3n) is 5.46. The van der Waals surface area contributed by atoms with Crippen molar-refractivity contribution < 1.29 is 18.3 Å². The smallest absolute Gasteiger partial charge is 0.335 e. The fraction of sp³-hybridized carbons (Fsp3) is 0.500. The molecule has 1 aliphatic rings. The Bertz CT molecular complexity index is 927. The van der Waals surface area contributed by atoms with E-state index in [-0.39, 0.29) is 0 Å². The summed E-state index contributed by atoms with van der Waals surface area (Å²) in [7, 11) is -3.49. The highest BCUT2D eigenvalue weighted by Crippen LogP contribution is 2.27. The third-order valence-corrected chi connectivity index (χ3v) is 7.46. The normalized spacial score (nSPS) is 16.4. The Kier molecular flexibility index (Phi) is 6.20. The summed E-state index contributed by atoms with van der Waals surface area (Å²) in [5, 5.41) is 13.2. The molecular formula is C20H27N3O4S. The first-order valence-corrected chi connectivity index (χ1v) is 11.1. The van der Waals surface area contributed by atoms with Gasteiger partial charge in [-0.2, -0.15) is 9.40 Å². The van der Waals surface area contributed by atoms with Gasteiger partial charge in [-0.3, -0.25) is 4.68 Å². The summed E-state index contributed by atoms with van der Waals surface area (Å²) in [6.45, 7) is 5.38. The van der Waals surface area contributed by atoms with Crippen molar-refractivity contribution >= 4 is 16.0 Å². The highest BCUT2D eigenvalue weighted by Gasteiger charge is 2.31. The van der Waals surface area contributed by atoms with Crippen LogP contribution in [0.1, 0.15) is 47.8 Å². The molecule has 152 valence electrons. The Hall–Kier alpha value is -2.19. The molecule has 0 radical (unpaired) electrons. The van der Waals surface area contributed by atoms with Gasteiger partial charge >= 0.3 is 5.97 Å². The van der Waals surface area contributed by atoms with Crippen molar-refractivity contribution in [2.45, 2.75) is 51.0 Å². The maximum Gasteiger partial charge on any atom is 0.335 e. The van der Waals surface area contributed by atoms with E-state index in [9.17, 15) is 13.2 Å². The Morgan fingerprint density at radius 3 is 2.39 bits per heavy atom. The van der Waals surface area contributed by atoms with E-state index in [0.29, 0.717) is 41.7 Å². The number of aromatic carboxylic acids is 1. The second kappa shape index (κ2) is 8.45. The minimum absolute atomic E-state index is 0.295. The van der Waals surface area contributed by atoms with Crippen LogP contribution in [0.2, 0.25) is 0 Å². The van der Waals surface area contributed by atoms with E-state index in [1.165, 1.54) is 0 Å². The lowest BCUT2D eigenvalue weighted by atomic mass is 9.91. The number of piperidine rings is 1. The van der Waals surface area contributed by atoms with Gasteiger partial charge in [0.1, 0.15) is 4.90 Å². The van der Waals surface area contributed by atoms with Crippen molar-refractivity contribution in [2.24, 2.45) is 5.92 Å². The molecular weight excluding hydrogens is 378 g/mol. The molecule has 7 nitrogen and oxygen atoms in total. The number of aryl methyl sites for hydroxylation is 3. The van der Waals surface area contributed by atoms with Crippen LogP contribution in [0.25, 0.3) is 0 Å². The molecule has 8 heteroatoms. The molecule has 0 saturated carbocycles. The number of hydrogen-bond donors (Lipinski definition) is 1. The standard InChI is InChI=1S/C20H27N3O4S/c1-3-22-14-19(15(2)21-22)28(26,27)23-12-10-17(11-13-23)5-4-16-6-8-18(9-7-16)20(24)25/h6-9,14,17H,3-5,10-13H2,1-2H3,(H,24,25). The SMILES string of the molecule is CCn1cc(S(=O)(=O)N2CCC(CCc3ccc(C(=O)O)cc3)CC2)c(C)n1. The first-order chi connectivity index (χ1) is 13.3. The van der Waals surface area contributed by atoms with E-state index >= 15 is 0 Å². The number of carboxylic acid groups (broad SMARTS) is 1. The van der Waals surface area contributed by atoms with Gasteiger partial charge in [0.15, 0.2) is 0 Å². The highest BCUT2D eigenvalue weighted by atomic mass is 32.2. The molecule has 0 spiro atoms. The number of carboxylic acids is 1. The van der Waals surface area contributed by atoms with Crippen LogP contribution in [-0.2, 0) is 23.0 Å². The van der Waals surface area contributed by atoms with Gasteiger partial charge in [0.2, 0.25) is 10.0 Å². The fourth-order valence-electron chi connectivity index (χ4n) is 3.68. The van der Waals surface area contributed by atoms with Crippen molar-refractivity contribution in [2.75, 3.05) is 13.1 Å². The quantitative estimate of drug-likeness (QED) is 0.765. The molecule has 1 aromatic carbocycles. The lowest BCUT2D eigenvalue weighted by Gasteiger charge is -2.31. The summed E-state index contributed by atoms with van der Waals surface area (Å²) < 4.78 is 29.1. The second-order valence-corrected chi connectivity index (χ2v) is 9.23. The largest absolute Gasteiger partial charge is 0.478 e. The first kappa shape index (κ1) is 20.5. The van der Waals surface area contributed by atoms with Crippen LogP contribution in [-0.4, -0.2) is 46.7 Å². The highest BCUT2D eigenvalue weighted by molar-refractivity contribution is 7.89. The summed E-state index contributed by atoms with van der Waals surface area (Å²) in [5.41, 5.74) is 1.96. The predicted octanol–water partition coefficient (Wildman–Crippen LogP) is 2.94. The molecule has 0 amide bonds. The number of hydrogen-bond acceptors (Lipinski definition) is 4. The van der Waals surface area contributed by atoms with Crippen molar-refractivity contribution in [3.63, 3.8) is 0 Å². The average Bonchev–Trinajstić information content (AvgIpc) is 3.08. The van der Waals surface area contributed by atoms with E-state index in [1.807, 2.05) is 19.1 Å². The maximum absolute atomic E-state index is 12.9. The molecule has 3 rings (SSSR count). The van der Waals surface area contributed by atoms with E-state index in [4.69, 9.17) is 5.11 Å². The van der Waals surface area contributed by atoms with Crippen LogP contribution in [0.15, 0.2) is 35.4 Å². The van der Waals surface area contributed by atoms with Crippen molar-refractivity contribution in [1.82, 2.24) is 14.1 Å².